The molecule has 39 heavy (non-hydrogen) atoms. The largest absolute Gasteiger partial charge is 0.407 e. The third-order valence-electron chi connectivity index (χ3n) is 7.46. The molecule has 0 aromatic heterocycles. The Morgan fingerprint density at radius 3 is 1.92 bits per heavy atom. The molecule has 0 saturated heterocycles. The second kappa shape index (κ2) is 15.4. The first-order chi connectivity index (χ1) is 18.4. The summed E-state index contributed by atoms with van der Waals surface area (Å²) in [6, 6.07) is 21.0. The zero-order valence-electron chi connectivity index (χ0n) is 25.5. The summed E-state index contributed by atoms with van der Waals surface area (Å²) in [6.45, 7) is 13.5. The van der Waals surface area contributed by atoms with E-state index in [2.05, 4.69) is 102 Å². The zero-order valence-corrected chi connectivity index (χ0v) is 26.5. The Morgan fingerprint density at radius 2 is 1.46 bits per heavy atom. The monoisotopic (exact) mass is 549 g/mol. The minimum atomic E-state index is -2.76. The highest BCUT2D eigenvalue weighted by Gasteiger charge is 2.50. The number of nitrogens with zero attached hydrogens (tertiary/aromatic N) is 1. The average molecular weight is 550 g/mol. The van der Waals surface area contributed by atoms with E-state index < -0.39 is 14.4 Å². The van der Waals surface area contributed by atoms with Crippen LogP contribution in [-0.4, -0.2) is 51.0 Å². The molecule has 0 aliphatic carbocycles. The van der Waals surface area contributed by atoms with Crippen molar-refractivity contribution in [1.82, 2.24) is 4.90 Å². The van der Waals surface area contributed by atoms with Crippen molar-refractivity contribution in [2.45, 2.75) is 84.8 Å². The van der Waals surface area contributed by atoms with E-state index in [9.17, 15) is 9.90 Å². The van der Waals surface area contributed by atoms with Gasteiger partial charge in [0, 0.05) is 33.0 Å². The molecule has 1 N–H and O–H groups in total. The van der Waals surface area contributed by atoms with Gasteiger partial charge in [-0.05, 0) is 61.9 Å². The highest BCUT2D eigenvalue weighted by Crippen LogP contribution is 2.37. The Bertz CT molecular complexity index is 1030. The van der Waals surface area contributed by atoms with Gasteiger partial charge >= 0.3 is 0 Å². The van der Waals surface area contributed by atoms with Gasteiger partial charge in [-0.15, -0.1) is 0 Å². The minimum absolute atomic E-state index is 0.0125. The number of amides is 1. The van der Waals surface area contributed by atoms with E-state index in [0.29, 0.717) is 13.0 Å². The van der Waals surface area contributed by atoms with Gasteiger partial charge in [-0.3, -0.25) is 4.79 Å². The Labute approximate surface area is 238 Å². The molecule has 0 spiro atoms. The van der Waals surface area contributed by atoms with Gasteiger partial charge in [-0.2, -0.15) is 0 Å². The highest BCUT2D eigenvalue weighted by molar-refractivity contribution is 6.99. The molecule has 214 valence electrons. The van der Waals surface area contributed by atoms with E-state index in [0.717, 1.165) is 19.3 Å². The first-order valence-electron chi connectivity index (χ1n) is 14.3. The predicted octanol–water partition coefficient (Wildman–Crippen LogP) is 6.49. The van der Waals surface area contributed by atoms with Crippen molar-refractivity contribution in [1.29, 1.82) is 0 Å². The van der Waals surface area contributed by atoms with Crippen molar-refractivity contribution in [3.8, 4) is 0 Å². The van der Waals surface area contributed by atoms with Crippen LogP contribution in [0.4, 0.5) is 0 Å². The van der Waals surface area contributed by atoms with Crippen LogP contribution in [0, 0.1) is 5.92 Å². The molecule has 0 aliphatic heterocycles. The van der Waals surface area contributed by atoms with Crippen LogP contribution in [0.1, 0.15) is 73.6 Å². The van der Waals surface area contributed by atoms with Gasteiger partial charge in [0.1, 0.15) is 0 Å². The molecule has 0 radical (unpaired) electrons. The number of aliphatic hydroxyl groups is 1. The SMILES string of the molecule is CC(C)=CCC/C(C)=C/CC[C@H](O)[C@H](CO[Si](c1ccccc1)(c1ccccc1)C(C)(C)C)CC(=O)N(C)C. The molecule has 2 aromatic rings. The Morgan fingerprint density at radius 1 is 0.923 bits per heavy atom. The third kappa shape index (κ3) is 9.59. The molecule has 0 bridgehead atoms. The summed E-state index contributed by atoms with van der Waals surface area (Å²) in [7, 11) is 0.779. The number of carbonyl (C=O) groups is 1. The first-order valence-corrected chi connectivity index (χ1v) is 16.2. The summed E-state index contributed by atoms with van der Waals surface area (Å²) >= 11 is 0. The lowest BCUT2D eigenvalue weighted by atomic mass is 9.94. The second-order valence-electron chi connectivity index (χ2n) is 12.2. The van der Waals surface area contributed by atoms with E-state index in [1.165, 1.54) is 21.5 Å². The van der Waals surface area contributed by atoms with E-state index in [-0.39, 0.29) is 23.3 Å². The van der Waals surface area contributed by atoms with Crippen LogP contribution in [0.25, 0.3) is 0 Å². The fourth-order valence-corrected chi connectivity index (χ4v) is 9.75. The molecule has 2 aromatic carbocycles. The Balaban J connectivity index is 2.33. The van der Waals surface area contributed by atoms with Crippen LogP contribution >= 0.6 is 0 Å². The van der Waals surface area contributed by atoms with Crippen LogP contribution in [0.15, 0.2) is 84.0 Å². The number of benzene rings is 2. The summed E-state index contributed by atoms with van der Waals surface area (Å²) in [4.78, 5) is 14.4. The van der Waals surface area contributed by atoms with Gasteiger partial charge in [-0.25, -0.2) is 0 Å². The van der Waals surface area contributed by atoms with Crippen LogP contribution < -0.4 is 10.4 Å². The minimum Gasteiger partial charge on any atom is -0.407 e. The molecule has 1 amide bonds. The van der Waals surface area contributed by atoms with Gasteiger partial charge in [0.15, 0.2) is 0 Å². The lowest BCUT2D eigenvalue weighted by molar-refractivity contribution is -0.131. The molecule has 0 saturated carbocycles. The number of rotatable bonds is 14. The maximum atomic E-state index is 12.8. The van der Waals surface area contributed by atoms with Crippen molar-refractivity contribution < 1.29 is 14.3 Å². The van der Waals surface area contributed by atoms with Crippen LogP contribution in [0.2, 0.25) is 5.04 Å². The van der Waals surface area contributed by atoms with Gasteiger partial charge in [0.05, 0.1) is 6.10 Å². The summed E-state index contributed by atoms with van der Waals surface area (Å²) in [6.07, 6.45) is 7.58. The number of aliphatic hydroxyl groups excluding tert-OH is 1. The van der Waals surface area contributed by atoms with Crippen molar-refractivity contribution in [3.63, 3.8) is 0 Å². The van der Waals surface area contributed by atoms with Gasteiger partial charge in [-0.1, -0.05) is 105 Å². The Kier molecular flexibility index (Phi) is 12.9. The predicted molar refractivity (Wildman–Crippen MR) is 168 cm³/mol. The topological polar surface area (TPSA) is 49.8 Å². The van der Waals surface area contributed by atoms with Crippen molar-refractivity contribution in [2.75, 3.05) is 20.7 Å². The molecule has 0 unspecified atom stereocenters. The highest BCUT2D eigenvalue weighted by atomic mass is 28.4. The molecule has 5 heteroatoms. The van der Waals surface area contributed by atoms with E-state index in [4.69, 9.17) is 4.43 Å². The molecule has 0 fully saturated rings. The molecular formula is C34H51NO3Si. The van der Waals surface area contributed by atoms with Crippen LogP contribution in [-0.2, 0) is 9.22 Å². The lowest BCUT2D eigenvalue weighted by Gasteiger charge is -2.44. The Hall–Kier alpha value is -2.47. The van der Waals surface area contributed by atoms with E-state index in [1.54, 1.807) is 19.0 Å². The number of allylic oxidation sites excluding steroid dienone is 4. The maximum absolute atomic E-state index is 12.8. The summed E-state index contributed by atoms with van der Waals surface area (Å²) < 4.78 is 7.12. The molecule has 2 rings (SSSR count). The van der Waals surface area contributed by atoms with Crippen molar-refractivity contribution >= 4 is 24.6 Å². The lowest BCUT2D eigenvalue weighted by Crippen LogP contribution is -2.67. The maximum Gasteiger partial charge on any atom is 0.261 e. The molecular weight excluding hydrogens is 498 g/mol. The summed E-state index contributed by atoms with van der Waals surface area (Å²) in [5, 5.41) is 13.6. The average Bonchev–Trinajstić information content (AvgIpc) is 2.88. The molecule has 0 heterocycles. The third-order valence-corrected chi connectivity index (χ3v) is 12.5. The number of carbonyl (C=O) groups excluding carboxylic acids is 1. The quantitative estimate of drug-likeness (QED) is 0.216. The standard InChI is InChI=1S/C34H51NO3Si/c1-27(2)17-15-18-28(3)19-16-24-32(36)29(25-33(37)35(7)8)26-38-39(34(4,5)6,30-20-11-9-12-21-30)31-22-13-10-14-23-31/h9-14,17,19-23,29,32,36H,15-16,18,24-26H2,1-8H3/b28-19+/t29-,32-/m0/s1. The van der Waals surface area contributed by atoms with Crippen LogP contribution in [0.3, 0.4) is 0 Å². The smallest absolute Gasteiger partial charge is 0.261 e. The normalized spacial score (nSPS) is 14.0. The van der Waals surface area contributed by atoms with Gasteiger partial charge < -0.3 is 14.4 Å². The number of hydrogen-bond acceptors (Lipinski definition) is 3. The van der Waals surface area contributed by atoms with Gasteiger partial charge in [0.2, 0.25) is 5.91 Å². The summed E-state index contributed by atoms with van der Waals surface area (Å²) in [5.41, 5.74) is 2.68. The van der Waals surface area contributed by atoms with Crippen molar-refractivity contribution in [3.05, 3.63) is 84.0 Å². The van der Waals surface area contributed by atoms with E-state index in [1.807, 2.05) is 12.1 Å². The molecule has 2 atom stereocenters. The second-order valence-corrected chi connectivity index (χ2v) is 16.5. The number of hydrogen-bond donors (Lipinski definition) is 1. The van der Waals surface area contributed by atoms with E-state index >= 15 is 0 Å². The van der Waals surface area contributed by atoms with Crippen molar-refractivity contribution in [2.24, 2.45) is 5.92 Å². The van der Waals surface area contributed by atoms with Crippen LogP contribution in [0.5, 0.6) is 0 Å². The first kappa shape index (κ1) is 32.7. The zero-order chi connectivity index (χ0) is 29.1. The fourth-order valence-electron chi connectivity index (χ4n) is 5.13. The summed E-state index contributed by atoms with van der Waals surface area (Å²) in [5.74, 6) is -0.278. The molecule has 4 nitrogen and oxygen atoms in total. The molecule has 0 aliphatic rings. The fraction of sp³-hybridized carbons (Fsp3) is 0.500. The van der Waals surface area contributed by atoms with Gasteiger partial charge in [0.25, 0.3) is 8.32 Å².